The van der Waals surface area contributed by atoms with Gasteiger partial charge in [-0.25, -0.2) is 13.9 Å². The molecule has 1 saturated heterocycles. The molecule has 10 heteroatoms. The van der Waals surface area contributed by atoms with Crippen molar-refractivity contribution in [1.82, 2.24) is 19.9 Å². The van der Waals surface area contributed by atoms with Gasteiger partial charge in [0.2, 0.25) is 5.91 Å². The number of nitrogens with one attached hydrogen (secondary N) is 4. The van der Waals surface area contributed by atoms with Crippen molar-refractivity contribution in [2.75, 3.05) is 16.0 Å². The van der Waals surface area contributed by atoms with E-state index < -0.39 is 5.91 Å². The molecule has 2 amide bonds. The van der Waals surface area contributed by atoms with Crippen molar-refractivity contribution >= 4 is 46.4 Å². The summed E-state index contributed by atoms with van der Waals surface area (Å²) in [6.45, 7) is 2.03. The Morgan fingerprint density at radius 1 is 1.08 bits per heavy atom. The smallest absolute Gasteiger partial charge is 0.254 e. The molecule has 0 spiro atoms. The number of nitrogens with zero attached hydrogens (tertiary/aromatic N) is 3. The fraction of sp³-hybridized carbons (Fsp3) is 0.214. The Balaban J connectivity index is 1.27. The van der Waals surface area contributed by atoms with E-state index in [4.69, 9.17) is 4.98 Å². The van der Waals surface area contributed by atoms with Gasteiger partial charge in [0, 0.05) is 46.5 Å². The van der Waals surface area contributed by atoms with Gasteiger partial charge >= 0.3 is 0 Å². The third-order valence-corrected chi connectivity index (χ3v) is 6.53. The molecular formula is C28H26FN7O2. The minimum Gasteiger partial charge on any atom is -0.382 e. The summed E-state index contributed by atoms with van der Waals surface area (Å²) in [5, 5.41) is 17.0. The van der Waals surface area contributed by atoms with Gasteiger partial charge in [-0.15, -0.1) is 0 Å². The summed E-state index contributed by atoms with van der Waals surface area (Å²) in [4.78, 5) is 28.3. The van der Waals surface area contributed by atoms with Crippen molar-refractivity contribution in [1.29, 1.82) is 0 Å². The lowest BCUT2D eigenvalue weighted by molar-refractivity contribution is -0.124. The van der Waals surface area contributed by atoms with E-state index in [1.54, 1.807) is 35.1 Å². The average Bonchev–Trinajstić information content (AvgIpc) is 3.52. The third-order valence-electron chi connectivity index (χ3n) is 6.53. The number of hydrogen-bond acceptors (Lipinski definition) is 7. The zero-order valence-corrected chi connectivity index (χ0v) is 20.7. The van der Waals surface area contributed by atoms with Crippen molar-refractivity contribution in [3.8, 4) is 0 Å². The fourth-order valence-corrected chi connectivity index (χ4v) is 4.43. The van der Waals surface area contributed by atoms with Crippen LogP contribution in [0.2, 0.25) is 0 Å². The highest BCUT2D eigenvalue weighted by molar-refractivity contribution is 6.15. The van der Waals surface area contributed by atoms with E-state index in [1.807, 2.05) is 25.1 Å². The van der Waals surface area contributed by atoms with Gasteiger partial charge in [0.05, 0.1) is 12.6 Å². The molecule has 9 nitrogen and oxygen atoms in total. The summed E-state index contributed by atoms with van der Waals surface area (Å²) >= 11 is 0. The van der Waals surface area contributed by atoms with Crippen molar-refractivity contribution < 1.29 is 14.0 Å². The molecule has 0 bridgehead atoms. The molecule has 6 rings (SSSR count). The largest absolute Gasteiger partial charge is 0.382 e. The van der Waals surface area contributed by atoms with Crippen LogP contribution in [0, 0.1) is 5.82 Å². The maximum atomic E-state index is 13.4. The standard InChI is InChI=1S/C28H26FN7O2/c1-16(17-2-4-20(29)5-3-17)31-22-12-23(32-21-6-7-21)14-24(13-22)33-25-8-9-36-27(34-25)19(15-30-36)10-18-11-26(37)35-28(18)38/h2-5,8-10,12-16,21,31-32H,6-7,11H2,1H3,(H,33,34)(H,35,37,38)/b18-10-. The van der Waals surface area contributed by atoms with Gasteiger partial charge in [0.15, 0.2) is 5.65 Å². The fourth-order valence-electron chi connectivity index (χ4n) is 4.43. The summed E-state index contributed by atoms with van der Waals surface area (Å²) < 4.78 is 15.0. The molecule has 1 atom stereocenters. The van der Waals surface area contributed by atoms with Crippen molar-refractivity contribution in [2.45, 2.75) is 38.3 Å². The highest BCUT2D eigenvalue weighted by Crippen LogP contribution is 2.32. The first-order chi connectivity index (χ1) is 18.4. The molecule has 192 valence electrons. The first-order valence-electron chi connectivity index (χ1n) is 12.5. The highest BCUT2D eigenvalue weighted by Gasteiger charge is 2.24. The van der Waals surface area contributed by atoms with E-state index in [9.17, 15) is 14.0 Å². The first-order valence-corrected chi connectivity index (χ1v) is 12.5. The number of hydrogen-bond donors (Lipinski definition) is 4. The van der Waals surface area contributed by atoms with Gasteiger partial charge in [-0.2, -0.15) is 5.10 Å². The van der Waals surface area contributed by atoms with E-state index in [0.29, 0.717) is 28.6 Å². The van der Waals surface area contributed by atoms with Crippen molar-refractivity contribution in [2.24, 2.45) is 0 Å². The van der Waals surface area contributed by atoms with E-state index in [-0.39, 0.29) is 24.2 Å². The second-order valence-electron chi connectivity index (χ2n) is 9.66. The molecule has 4 N–H and O–H groups in total. The lowest BCUT2D eigenvalue weighted by Gasteiger charge is -2.19. The van der Waals surface area contributed by atoms with Crippen LogP contribution in [0.4, 0.5) is 27.3 Å². The Morgan fingerprint density at radius 2 is 1.84 bits per heavy atom. The maximum Gasteiger partial charge on any atom is 0.254 e. The number of aromatic nitrogens is 3. The number of amides is 2. The number of carbonyl (C=O) groups excluding carboxylic acids is 2. The number of fused-ring (bicyclic) bond motifs is 1. The van der Waals surface area contributed by atoms with Crippen molar-refractivity contribution in [3.05, 3.63) is 83.4 Å². The number of benzene rings is 2. The van der Waals surface area contributed by atoms with Gasteiger partial charge in [-0.3, -0.25) is 14.9 Å². The predicted octanol–water partition coefficient (Wildman–Crippen LogP) is 4.79. The molecule has 1 unspecified atom stereocenters. The molecular weight excluding hydrogens is 485 g/mol. The summed E-state index contributed by atoms with van der Waals surface area (Å²) in [6.07, 6.45) is 7.39. The second kappa shape index (κ2) is 9.62. The second-order valence-corrected chi connectivity index (χ2v) is 9.66. The minimum absolute atomic E-state index is 0.0313. The Hall–Kier alpha value is -4.73. The lowest BCUT2D eigenvalue weighted by atomic mass is 10.1. The van der Waals surface area contributed by atoms with Crippen LogP contribution in [0.3, 0.4) is 0 Å². The summed E-state index contributed by atoms with van der Waals surface area (Å²) in [7, 11) is 0. The highest BCUT2D eigenvalue weighted by atomic mass is 19.1. The van der Waals surface area contributed by atoms with Crippen LogP contribution in [0.1, 0.15) is 43.4 Å². The summed E-state index contributed by atoms with van der Waals surface area (Å²) in [5.74, 6) is -0.361. The Morgan fingerprint density at radius 3 is 2.58 bits per heavy atom. The van der Waals surface area contributed by atoms with Crippen molar-refractivity contribution in [3.63, 3.8) is 0 Å². The van der Waals surface area contributed by atoms with Crippen LogP contribution in [0.5, 0.6) is 0 Å². The van der Waals surface area contributed by atoms with Crippen LogP contribution in [0.25, 0.3) is 11.7 Å². The van der Waals surface area contributed by atoms with E-state index in [2.05, 4.69) is 32.4 Å². The van der Waals surface area contributed by atoms with Crippen LogP contribution < -0.4 is 21.3 Å². The minimum atomic E-state index is -0.390. The first kappa shape index (κ1) is 23.7. The summed E-state index contributed by atoms with van der Waals surface area (Å²) in [6, 6.07) is 14.8. The molecule has 1 aliphatic carbocycles. The molecule has 3 heterocycles. The van der Waals surface area contributed by atoms with Gasteiger partial charge in [-0.05, 0) is 67.8 Å². The number of carbonyl (C=O) groups is 2. The number of halogens is 1. The lowest BCUT2D eigenvalue weighted by Crippen LogP contribution is -2.19. The topological polar surface area (TPSA) is 112 Å². The molecule has 2 aromatic carbocycles. The van der Waals surface area contributed by atoms with E-state index >= 15 is 0 Å². The van der Waals surface area contributed by atoms with Gasteiger partial charge < -0.3 is 16.0 Å². The zero-order chi connectivity index (χ0) is 26.2. The third kappa shape index (κ3) is 5.19. The quantitative estimate of drug-likeness (QED) is 0.199. The molecule has 2 aromatic heterocycles. The van der Waals surface area contributed by atoms with E-state index in [1.165, 1.54) is 12.1 Å². The molecule has 1 saturated carbocycles. The molecule has 2 aliphatic rings. The number of rotatable bonds is 8. The summed E-state index contributed by atoms with van der Waals surface area (Å²) in [5.41, 5.74) is 5.30. The Kier molecular flexibility index (Phi) is 5.99. The molecule has 1 aliphatic heterocycles. The van der Waals surface area contributed by atoms with Crippen LogP contribution >= 0.6 is 0 Å². The SMILES string of the molecule is CC(Nc1cc(Nc2ccn3ncc(/C=C4/CC(=O)NC4=O)c3n2)cc(NC2CC2)c1)c1ccc(F)cc1. The van der Waals surface area contributed by atoms with Gasteiger partial charge in [0.1, 0.15) is 11.6 Å². The number of anilines is 4. The molecule has 0 radical (unpaired) electrons. The van der Waals surface area contributed by atoms with Crippen LogP contribution in [-0.2, 0) is 9.59 Å². The Labute approximate surface area is 218 Å². The average molecular weight is 512 g/mol. The van der Waals surface area contributed by atoms with Crippen LogP contribution in [-0.4, -0.2) is 32.5 Å². The monoisotopic (exact) mass is 511 g/mol. The normalized spacial score (nSPS) is 17.1. The molecule has 2 fully saturated rings. The zero-order valence-electron chi connectivity index (χ0n) is 20.7. The van der Waals surface area contributed by atoms with Gasteiger partial charge in [0.25, 0.3) is 5.91 Å². The maximum absolute atomic E-state index is 13.4. The molecule has 38 heavy (non-hydrogen) atoms. The van der Waals surface area contributed by atoms with Gasteiger partial charge in [-0.1, -0.05) is 12.1 Å². The molecule has 4 aromatic rings. The Bertz CT molecular complexity index is 1570. The predicted molar refractivity (Wildman–Crippen MR) is 144 cm³/mol. The van der Waals surface area contributed by atoms with Crippen LogP contribution in [0.15, 0.2) is 66.5 Å². The number of imide groups is 1. The van der Waals surface area contributed by atoms with E-state index in [0.717, 1.165) is 35.5 Å².